The molecule has 5 nitrogen and oxygen atoms in total. The highest BCUT2D eigenvalue weighted by Gasteiger charge is 2.36. The predicted octanol–water partition coefficient (Wildman–Crippen LogP) is 4.37. The van der Waals surface area contributed by atoms with Crippen LogP contribution in [-0.4, -0.2) is 35.2 Å². The van der Waals surface area contributed by atoms with Gasteiger partial charge < -0.3 is 14.6 Å². The van der Waals surface area contributed by atoms with Crippen LogP contribution in [-0.2, 0) is 21.5 Å². The maximum absolute atomic E-state index is 14.5. The molecule has 7 heteroatoms. The fraction of sp³-hybridized carbons (Fsp3) is 0.333. The second-order valence-electron chi connectivity index (χ2n) is 7.71. The number of carbonyl (C=O) groups is 1. The summed E-state index contributed by atoms with van der Waals surface area (Å²) in [6.45, 7) is 2.08. The van der Waals surface area contributed by atoms with E-state index in [9.17, 15) is 9.18 Å². The minimum absolute atomic E-state index is 0. The number of nitrogens with one attached hydrogen (secondary N) is 1. The molecule has 4 rings (SSSR count). The molecule has 1 N–H and O–H groups in total. The normalized spacial score (nSPS) is 15.1. The summed E-state index contributed by atoms with van der Waals surface area (Å²) in [6, 6.07) is 16.8. The molecule has 1 aliphatic heterocycles. The van der Waals surface area contributed by atoms with E-state index in [4.69, 9.17) is 4.74 Å². The van der Waals surface area contributed by atoms with Crippen LogP contribution in [0.3, 0.4) is 0 Å². The highest BCUT2D eigenvalue weighted by Crippen LogP contribution is 2.35. The number of nitrogens with zero attached hydrogens (tertiary/aromatic N) is 2. The van der Waals surface area contributed by atoms with E-state index in [1.165, 1.54) is 6.07 Å². The molecular weight excluding hydrogens is 417 g/mol. The van der Waals surface area contributed by atoms with E-state index in [0.717, 1.165) is 11.4 Å². The third-order valence-electron chi connectivity index (χ3n) is 5.85. The van der Waals surface area contributed by atoms with Gasteiger partial charge in [0.05, 0.1) is 0 Å². The second-order valence-corrected chi connectivity index (χ2v) is 7.71. The van der Waals surface area contributed by atoms with Crippen molar-refractivity contribution in [3.8, 4) is 11.4 Å². The lowest BCUT2D eigenvalue weighted by molar-refractivity contribution is -0.121. The van der Waals surface area contributed by atoms with E-state index in [0.29, 0.717) is 51.1 Å². The lowest BCUT2D eigenvalue weighted by Crippen LogP contribution is -2.45. The number of hydrogen-bond acceptors (Lipinski definition) is 3. The molecule has 0 spiro atoms. The maximum Gasteiger partial charge on any atom is 0.221 e. The standard InChI is InChI=1S/C24H26FN3O2.ClH/c25-21-9-5-4-8-20(21)24(11-16-30-17-12-24)18-27-22(29)10-14-28-15-13-26-23(28)19-6-2-1-3-7-19;/h1-9,13,15H,10-12,14,16-18H2,(H,27,29);1H. The summed E-state index contributed by atoms with van der Waals surface area (Å²) in [4.78, 5) is 17.0. The van der Waals surface area contributed by atoms with Gasteiger partial charge in [0.1, 0.15) is 11.6 Å². The fourth-order valence-corrected chi connectivity index (χ4v) is 4.11. The van der Waals surface area contributed by atoms with E-state index in [-0.39, 0.29) is 24.1 Å². The molecule has 0 atom stereocenters. The average Bonchev–Trinajstić information content (AvgIpc) is 3.26. The zero-order chi connectivity index (χ0) is 20.8. The van der Waals surface area contributed by atoms with Gasteiger partial charge in [-0.25, -0.2) is 9.37 Å². The zero-order valence-corrected chi connectivity index (χ0v) is 18.1. The first-order valence-corrected chi connectivity index (χ1v) is 10.3. The van der Waals surface area contributed by atoms with Crippen LogP contribution in [0, 0.1) is 5.82 Å². The van der Waals surface area contributed by atoms with Crippen molar-refractivity contribution in [1.82, 2.24) is 14.9 Å². The second kappa shape index (κ2) is 10.6. The van der Waals surface area contributed by atoms with Gasteiger partial charge in [0, 0.05) is 56.1 Å². The summed E-state index contributed by atoms with van der Waals surface area (Å²) in [6.07, 6.45) is 5.34. The van der Waals surface area contributed by atoms with Crippen molar-refractivity contribution in [3.05, 3.63) is 78.4 Å². The smallest absolute Gasteiger partial charge is 0.221 e. The Morgan fingerprint density at radius 2 is 1.81 bits per heavy atom. The summed E-state index contributed by atoms with van der Waals surface area (Å²) < 4.78 is 22.0. The van der Waals surface area contributed by atoms with Gasteiger partial charge in [-0.15, -0.1) is 12.4 Å². The van der Waals surface area contributed by atoms with Crippen LogP contribution in [0.4, 0.5) is 4.39 Å². The molecule has 1 amide bonds. The Bertz CT molecular complexity index is 987. The SMILES string of the molecule is Cl.O=C(CCn1ccnc1-c1ccccc1)NCC1(c2ccccc2F)CCOCC1. The minimum atomic E-state index is -0.427. The number of aryl methyl sites for hydroxylation is 1. The fourth-order valence-electron chi connectivity index (χ4n) is 4.11. The molecule has 164 valence electrons. The van der Waals surface area contributed by atoms with E-state index in [2.05, 4.69) is 10.3 Å². The number of aromatic nitrogens is 2. The number of hydrogen-bond donors (Lipinski definition) is 1. The molecule has 1 saturated heterocycles. The number of ether oxygens (including phenoxy) is 1. The Kier molecular flexibility index (Phi) is 7.82. The third kappa shape index (κ3) is 5.32. The molecule has 2 aromatic carbocycles. The van der Waals surface area contributed by atoms with Crippen LogP contribution < -0.4 is 5.32 Å². The van der Waals surface area contributed by atoms with Crippen LogP contribution in [0.15, 0.2) is 67.0 Å². The Labute approximate surface area is 188 Å². The van der Waals surface area contributed by atoms with E-state index < -0.39 is 5.41 Å². The topological polar surface area (TPSA) is 56.2 Å². The van der Waals surface area contributed by atoms with Gasteiger partial charge >= 0.3 is 0 Å². The Balaban J connectivity index is 0.00000272. The number of amides is 1. The molecule has 0 aliphatic carbocycles. The van der Waals surface area contributed by atoms with Crippen molar-refractivity contribution < 1.29 is 13.9 Å². The lowest BCUT2D eigenvalue weighted by Gasteiger charge is -2.38. The first kappa shape index (κ1) is 23.0. The van der Waals surface area contributed by atoms with Crippen LogP contribution >= 0.6 is 12.4 Å². The minimum Gasteiger partial charge on any atom is -0.381 e. The van der Waals surface area contributed by atoms with Crippen molar-refractivity contribution in [2.24, 2.45) is 0 Å². The Morgan fingerprint density at radius 3 is 2.55 bits per heavy atom. The summed E-state index contributed by atoms with van der Waals surface area (Å²) in [5.74, 6) is 0.570. The summed E-state index contributed by atoms with van der Waals surface area (Å²) in [7, 11) is 0. The average molecular weight is 444 g/mol. The molecule has 1 fully saturated rings. The summed E-state index contributed by atoms with van der Waals surface area (Å²) >= 11 is 0. The van der Waals surface area contributed by atoms with Crippen molar-refractivity contribution >= 4 is 18.3 Å². The van der Waals surface area contributed by atoms with E-state index in [1.54, 1.807) is 12.3 Å². The van der Waals surface area contributed by atoms with Crippen LogP contribution in [0.2, 0.25) is 0 Å². The van der Waals surface area contributed by atoms with Crippen LogP contribution in [0.1, 0.15) is 24.8 Å². The number of carbonyl (C=O) groups excluding carboxylic acids is 1. The highest BCUT2D eigenvalue weighted by atomic mass is 35.5. The Hall–Kier alpha value is -2.70. The first-order chi connectivity index (χ1) is 14.7. The number of imidazole rings is 1. The van der Waals surface area contributed by atoms with Gasteiger partial charge in [0.25, 0.3) is 0 Å². The van der Waals surface area contributed by atoms with E-state index in [1.807, 2.05) is 53.2 Å². The van der Waals surface area contributed by atoms with Crippen molar-refractivity contribution in [2.45, 2.75) is 31.2 Å². The predicted molar refractivity (Wildman–Crippen MR) is 121 cm³/mol. The van der Waals surface area contributed by atoms with Gasteiger partial charge in [-0.05, 0) is 24.5 Å². The van der Waals surface area contributed by atoms with Gasteiger partial charge in [-0.3, -0.25) is 4.79 Å². The summed E-state index contributed by atoms with van der Waals surface area (Å²) in [5.41, 5.74) is 1.25. The monoisotopic (exact) mass is 443 g/mol. The molecule has 0 radical (unpaired) electrons. The van der Waals surface area contributed by atoms with Crippen molar-refractivity contribution in [1.29, 1.82) is 0 Å². The molecular formula is C24H27ClFN3O2. The Morgan fingerprint density at radius 1 is 1.10 bits per heavy atom. The molecule has 1 aromatic heterocycles. The molecule has 2 heterocycles. The molecule has 0 bridgehead atoms. The van der Waals surface area contributed by atoms with Gasteiger partial charge in [0.2, 0.25) is 5.91 Å². The van der Waals surface area contributed by atoms with Gasteiger partial charge in [-0.2, -0.15) is 0 Å². The van der Waals surface area contributed by atoms with Crippen LogP contribution in [0.5, 0.6) is 0 Å². The van der Waals surface area contributed by atoms with Crippen molar-refractivity contribution in [3.63, 3.8) is 0 Å². The third-order valence-corrected chi connectivity index (χ3v) is 5.85. The van der Waals surface area contributed by atoms with E-state index >= 15 is 0 Å². The van der Waals surface area contributed by atoms with Crippen molar-refractivity contribution in [2.75, 3.05) is 19.8 Å². The molecule has 0 saturated carbocycles. The van der Waals surface area contributed by atoms with Gasteiger partial charge in [0.15, 0.2) is 0 Å². The lowest BCUT2D eigenvalue weighted by atomic mass is 9.74. The first-order valence-electron chi connectivity index (χ1n) is 10.3. The van der Waals surface area contributed by atoms with Gasteiger partial charge in [-0.1, -0.05) is 48.5 Å². The summed E-state index contributed by atoms with van der Waals surface area (Å²) in [5, 5.41) is 3.05. The molecule has 1 aliphatic rings. The highest BCUT2D eigenvalue weighted by molar-refractivity contribution is 5.85. The molecule has 3 aromatic rings. The molecule has 0 unspecified atom stereocenters. The quantitative estimate of drug-likeness (QED) is 0.590. The van der Waals surface area contributed by atoms with Crippen LogP contribution in [0.25, 0.3) is 11.4 Å². The maximum atomic E-state index is 14.5. The number of rotatable bonds is 7. The largest absolute Gasteiger partial charge is 0.381 e. The molecule has 31 heavy (non-hydrogen) atoms. The zero-order valence-electron chi connectivity index (χ0n) is 17.3. The number of benzene rings is 2. The number of halogens is 2.